The number of esters is 1. The van der Waals surface area contributed by atoms with Gasteiger partial charge in [0.1, 0.15) is 12.7 Å². The average Bonchev–Trinajstić information content (AvgIpc) is 3.17. The summed E-state index contributed by atoms with van der Waals surface area (Å²) in [5.74, 6) is -2.53. The number of amides is 1. The van der Waals surface area contributed by atoms with Crippen LogP contribution in [0.25, 0.3) is 0 Å². The molecular formula is C44H68NO10P. The smallest absolute Gasteiger partial charge is 0.472 e. The minimum atomic E-state index is -4.79. The fourth-order valence-electron chi connectivity index (χ4n) is 4.53. The van der Waals surface area contributed by atoms with E-state index < -0.39 is 57.6 Å². The second kappa shape index (κ2) is 38.0. The first-order valence-corrected chi connectivity index (χ1v) is 21.4. The van der Waals surface area contributed by atoms with Gasteiger partial charge in [0.2, 0.25) is 5.91 Å². The monoisotopic (exact) mass is 801 g/mol. The highest BCUT2D eigenvalue weighted by molar-refractivity contribution is 7.47. The van der Waals surface area contributed by atoms with E-state index in [1.807, 2.05) is 18.2 Å². The number of allylic oxidation sites excluding steroid dienone is 18. The third kappa shape index (κ3) is 37.1. The van der Waals surface area contributed by atoms with E-state index in [9.17, 15) is 34.1 Å². The van der Waals surface area contributed by atoms with Crippen molar-refractivity contribution in [1.82, 2.24) is 5.32 Å². The van der Waals surface area contributed by atoms with Gasteiger partial charge in [0.05, 0.1) is 13.2 Å². The van der Waals surface area contributed by atoms with Crippen LogP contribution in [0.4, 0.5) is 0 Å². The first-order valence-electron chi connectivity index (χ1n) is 19.9. The molecule has 0 spiro atoms. The minimum Gasteiger partial charge on any atom is -0.480 e. The number of ether oxygens (including phenoxy) is 1. The van der Waals surface area contributed by atoms with Crippen molar-refractivity contribution in [2.75, 3.05) is 19.8 Å². The lowest BCUT2D eigenvalue weighted by Crippen LogP contribution is -2.43. The lowest BCUT2D eigenvalue weighted by molar-refractivity contribution is -0.147. The zero-order valence-electron chi connectivity index (χ0n) is 33.6. The van der Waals surface area contributed by atoms with Gasteiger partial charge in [-0.2, -0.15) is 0 Å². The maximum Gasteiger partial charge on any atom is 0.472 e. The van der Waals surface area contributed by atoms with Gasteiger partial charge < -0.3 is 25.2 Å². The second-order valence-electron chi connectivity index (χ2n) is 12.7. The minimum absolute atomic E-state index is 0.0901. The van der Waals surface area contributed by atoms with Crippen LogP contribution in [-0.2, 0) is 32.7 Å². The molecule has 0 rings (SSSR count). The lowest BCUT2D eigenvalue weighted by atomic mass is 10.1. The normalized spacial score (nSPS) is 14.9. The number of carboxylic acids is 1. The van der Waals surface area contributed by atoms with Gasteiger partial charge in [-0.15, -0.1) is 0 Å². The fourth-order valence-corrected chi connectivity index (χ4v) is 5.30. The number of carboxylic acid groups (broad SMARTS) is 1. The number of carbonyl (C=O) groups excluding carboxylic acids is 2. The zero-order valence-corrected chi connectivity index (χ0v) is 34.5. The molecule has 0 aromatic rings. The summed E-state index contributed by atoms with van der Waals surface area (Å²) in [6.07, 6.45) is 48.5. The first kappa shape index (κ1) is 52.1. The summed E-state index contributed by atoms with van der Waals surface area (Å²) in [4.78, 5) is 45.7. The van der Waals surface area contributed by atoms with Crippen LogP contribution < -0.4 is 5.32 Å². The number of phosphoric acid groups is 1. The molecule has 314 valence electrons. The Kier molecular flexibility index (Phi) is 35.4. The van der Waals surface area contributed by atoms with Crippen LogP contribution in [0.15, 0.2) is 109 Å². The molecule has 4 N–H and O–H groups in total. The molecule has 0 saturated carbocycles. The van der Waals surface area contributed by atoms with E-state index in [2.05, 4.69) is 110 Å². The molecule has 1 amide bonds. The van der Waals surface area contributed by atoms with Crippen molar-refractivity contribution in [3.63, 3.8) is 0 Å². The zero-order chi connectivity index (χ0) is 41.4. The van der Waals surface area contributed by atoms with Crippen LogP contribution in [0.3, 0.4) is 0 Å². The van der Waals surface area contributed by atoms with Gasteiger partial charge in [0.25, 0.3) is 0 Å². The molecule has 0 radical (unpaired) electrons. The van der Waals surface area contributed by atoms with Crippen molar-refractivity contribution in [2.24, 2.45) is 0 Å². The van der Waals surface area contributed by atoms with Gasteiger partial charge in [-0.1, -0.05) is 130 Å². The molecule has 0 aliphatic rings. The Bertz CT molecular complexity index is 1360. The van der Waals surface area contributed by atoms with E-state index in [0.717, 1.165) is 77.0 Å². The Hall–Kier alpha value is -3.86. The van der Waals surface area contributed by atoms with Gasteiger partial charge in [-0.05, 0) is 83.5 Å². The van der Waals surface area contributed by atoms with E-state index in [0.29, 0.717) is 12.8 Å². The highest BCUT2D eigenvalue weighted by Crippen LogP contribution is 2.43. The summed E-state index contributed by atoms with van der Waals surface area (Å²) in [5, 5.41) is 21.7. The number of hydrogen-bond acceptors (Lipinski definition) is 8. The number of nitrogens with one attached hydrogen (secondary N) is 1. The molecule has 12 heteroatoms. The maximum absolute atomic E-state index is 12.2. The van der Waals surface area contributed by atoms with Crippen LogP contribution in [0, 0.1) is 0 Å². The molecule has 0 aromatic heterocycles. The summed E-state index contributed by atoms with van der Waals surface area (Å²) in [6, 6.07) is -1.58. The predicted molar refractivity (Wildman–Crippen MR) is 226 cm³/mol. The standard InChI is InChI=1S/C44H68NO10P/c1-3-5-7-9-11-13-15-17-18-19-20-21-22-24-26-28-30-32-34-36-43(48)53-37-40(46)38-54-56(51,52)55-39-41(44(49)50)45-42(47)35-33-31-29-27-25-23-16-14-12-10-8-6-4-2/h5-8,11-14,17-18,20-21,23-26,30,32,40-41,46H,3-4,9-10,15-16,19,22,27-29,31,33-39H2,1-2H3,(H,45,47)(H,49,50)(H,51,52)/b7-5-,8-6-,13-11-,14-12-,18-17-,21-20-,25-23-,26-24-,32-30-. The van der Waals surface area contributed by atoms with Crippen LogP contribution in [0.1, 0.15) is 117 Å². The van der Waals surface area contributed by atoms with E-state index in [1.54, 1.807) is 0 Å². The number of unbranched alkanes of at least 4 members (excludes halogenated alkanes) is 3. The SMILES string of the molecule is CC/C=C\C/C=C\C/C=C\C/C=C\C/C=C\C/C=C\CCC(=O)OCC(O)COP(=O)(O)OCC(NC(=O)CCCCC/C=C\C/C=C\C/C=C\CC)C(=O)O. The van der Waals surface area contributed by atoms with Gasteiger partial charge in [0, 0.05) is 12.8 Å². The fraction of sp³-hybridized carbons (Fsp3) is 0.523. The molecule has 3 atom stereocenters. The number of aliphatic carboxylic acids is 1. The Morgan fingerprint density at radius 1 is 0.571 bits per heavy atom. The third-order valence-electron chi connectivity index (χ3n) is 7.57. The topological polar surface area (TPSA) is 169 Å². The molecule has 0 heterocycles. The molecule has 0 aliphatic carbocycles. The first-order chi connectivity index (χ1) is 27.1. The number of rotatable bonds is 35. The molecule has 0 saturated heterocycles. The molecule has 11 nitrogen and oxygen atoms in total. The van der Waals surface area contributed by atoms with Crippen molar-refractivity contribution in [3.05, 3.63) is 109 Å². The van der Waals surface area contributed by atoms with Crippen molar-refractivity contribution in [2.45, 2.75) is 129 Å². The van der Waals surface area contributed by atoms with Crippen molar-refractivity contribution in [3.8, 4) is 0 Å². The summed E-state index contributed by atoms with van der Waals surface area (Å²) in [7, 11) is -4.79. The van der Waals surface area contributed by atoms with E-state index in [-0.39, 0.29) is 12.8 Å². The van der Waals surface area contributed by atoms with Crippen LogP contribution in [0.2, 0.25) is 0 Å². The Morgan fingerprint density at radius 2 is 1.00 bits per heavy atom. The number of aliphatic hydroxyl groups excluding tert-OH is 1. The molecular weight excluding hydrogens is 733 g/mol. The van der Waals surface area contributed by atoms with Gasteiger partial charge in [0.15, 0.2) is 6.04 Å². The summed E-state index contributed by atoms with van der Waals surface area (Å²) in [5.41, 5.74) is 0. The quantitative estimate of drug-likeness (QED) is 0.0210. The largest absolute Gasteiger partial charge is 0.480 e. The molecule has 0 aromatic carbocycles. The Morgan fingerprint density at radius 3 is 1.46 bits per heavy atom. The summed E-state index contributed by atoms with van der Waals surface area (Å²) < 4.78 is 26.7. The number of phosphoric ester groups is 1. The van der Waals surface area contributed by atoms with Gasteiger partial charge in [-0.3, -0.25) is 18.6 Å². The number of hydrogen-bond donors (Lipinski definition) is 4. The third-order valence-corrected chi connectivity index (χ3v) is 8.52. The maximum atomic E-state index is 12.2. The van der Waals surface area contributed by atoms with Gasteiger partial charge in [-0.25, -0.2) is 9.36 Å². The van der Waals surface area contributed by atoms with Crippen LogP contribution in [0.5, 0.6) is 0 Å². The summed E-state index contributed by atoms with van der Waals surface area (Å²) >= 11 is 0. The lowest BCUT2D eigenvalue weighted by Gasteiger charge is -2.18. The molecule has 0 fully saturated rings. The number of aliphatic hydroxyl groups is 1. The highest BCUT2D eigenvalue weighted by Gasteiger charge is 2.28. The molecule has 3 unspecified atom stereocenters. The molecule has 0 aliphatic heterocycles. The molecule has 0 bridgehead atoms. The Labute approximate surface area is 336 Å². The predicted octanol–water partition coefficient (Wildman–Crippen LogP) is 9.88. The highest BCUT2D eigenvalue weighted by atomic mass is 31.2. The Balaban J connectivity index is 4.10. The van der Waals surface area contributed by atoms with E-state index in [4.69, 9.17) is 13.8 Å². The van der Waals surface area contributed by atoms with E-state index >= 15 is 0 Å². The summed E-state index contributed by atoms with van der Waals surface area (Å²) in [6.45, 7) is 2.22. The van der Waals surface area contributed by atoms with Gasteiger partial charge >= 0.3 is 19.8 Å². The van der Waals surface area contributed by atoms with Crippen molar-refractivity contribution in [1.29, 1.82) is 0 Å². The van der Waals surface area contributed by atoms with E-state index in [1.165, 1.54) is 0 Å². The van der Waals surface area contributed by atoms with Crippen LogP contribution in [-0.4, -0.2) is 64.9 Å². The molecule has 56 heavy (non-hydrogen) atoms. The number of carbonyl (C=O) groups is 3. The van der Waals surface area contributed by atoms with Crippen molar-refractivity contribution < 1.29 is 47.8 Å². The average molecular weight is 802 g/mol. The second-order valence-corrected chi connectivity index (χ2v) is 14.2. The van der Waals surface area contributed by atoms with Crippen LogP contribution >= 0.6 is 7.82 Å². The van der Waals surface area contributed by atoms with Crippen molar-refractivity contribution >= 4 is 25.7 Å².